The van der Waals surface area contributed by atoms with E-state index in [0.29, 0.717) is 5.92 Å². The van der Waals surface area contributed by atoms with Crippen LogP contribution in [0, 0.1) is 5.92 Å². The van der Waals surface area contributed by atoms with E-state index in [-0.39, 0.29) is 5.38 Å². The van der Waals surface area contributed by atoms with Gasteiger partial charge in [-0.2, -0.15) is 0 Å². The Kier molecular flexibility index (Phi) is 3.55. The van der Waals surface area contributed by atoms with Gasteiger partial charge in [0.25, 0.3) is 0 Å². The molecule has 0 spiro atoms. The molecule has 2 nitrogen and oxygen atoms in total. The summed E-state index contributed by atoms with van der Waals surface area (Å²) in [5, 5.41) is -0.0869. The first kappa shape index (κ1) is 10.3. The Morgan fingerprint density at radius 2 is 2.15 bits per heavy atom. The van der Waals surface area contributed by atoms with Crippen molar-refractivity contribution in [2.24, 2.45) is 5.92 Å². The van der Waals surface area contributed by atoms with Gasteiger partial charge in [-0.3, -0.25) is 4.98 Å². The molecule has 3 heteroatoms. The summed E-state index contributed by atoms with van der Waals surface area (Å²) in [7, 11) is 1.63. The number of rotatable bonds is 3. The summed E-state index contributed by atoms with van der Waals surface area (Å²) in [5.74, 6) is 1.11. The SMILES string of the molecule is COc1cccnc1C(Cl)C(C)C. The molecule has 1 rings (SSSR count). The fourth-order valence-electron chi connectivity index (χ4n) is 1.10. The zero-order chi connectivity index (χ0) is 9.84. The Labute approximate surface area is 83.9 Å². The van der Waals surface area contributed by atoms with E-state index in [4.69, 9.17) is 16.3 Å². The summed E-state index contributed by atoms with van der Waals surface area (Å²) < 4.78 is 5.17. The molecule has 0 saturated carbocycles. The Hall–Kier alpha value is -0.760. The van der Waals surface area contributed by atoms with Gasteiger partial charge in [0.15, 0.2) is 0 Å². The number of hydrogen-bond acceptors (Lipinski definition) is 2. The molecule has 1 aromatic heterocycles. The lowest BCUT2D eigenvalue weighted by Crippen LogP contribution is -2.04. The normalized spacial score (nSPS) is 13.0. The third-order valence-corrected chi connectivity index (χ3v) is 2.58. The molecule has 0 N–H and O–H groups in total. The Morgan fingerprint density at radius 3 is 2.69 bits per heavy atom. The van der Waals surface area contributed by atoms with E-state index in [2.05, 4.69) is 18.8 Å². The van der Waals surface area contributed by atoms with Crippen molar-refractivity contribution in [2.45, 2.75) is 19.2 Å². The summed E-state index contributed by atoms with van der Waals surface area (Å²) in [4.78, 5) is 4.21. The van der Waals surface area contributed by atoms with Gasteiger partial charge in [-0.15, -0.1) is 11.6 Å². The number of alkyl halides is 1. The molecular weight excluding hydrogens is 186 g/mol. The first-order valence-electron chi connectivity index (χ1n) is 4.29. The molecule has 0 fully saturated rings. The monoisotopic (exact) mass is 199 g/mol. The largest absolute Gasteiger partial charge is 0.495 e. The number of ether oxygens (including phenoxy) is 1. The highest BCUT2D eigenvalue weighted by molar-refractivity contribution is 6.21. The topological polar surface area (TPSA) is 22.1 Å². The fourth-order valence-corrected chi connectivity index (χ4v) is 1.26. The van der Waals surface area contributed by atoms with Crippen LogP contribution in [-0.4, -0.2) is 12.1 Å². The molecule has 0 aromatic carbocycles. The zero-order valence-electron chi connectivity index (χ0n) is 8.12. The van der Waals surface area contributed by atoms with Crippen LogP contribution in [-0.2, 0) is 0 Å². The maximum Gasteiger partial charge on any atom is 0.141 e. The molecule has 0 aliphatic heterocycles. The third kappa shape index (κ3) is 2.34. The lowest BCUT2D eigenvalue weighted by atomic mass is 10.1. The van der Waals surface area contributed by atoms with Gasteiger partial charge in [0.05, 0.1) is 12.5 Å². The predicted molar refractivity (Wildman–Crippen MR) is 54.2 cm³/mol. The van der Waals surface area contributed by atoms with E-state index in [9.17, 15) is 0 Å². The standard InChI is InChI=1S/C10H14ClNO/c1-7(2)9(11)10-8(13-3)5-4-6-12-10/h4-7,9H,1-3H3. The summed E-state index contributed by atoms with van der Waals surface area (Å²) in [5.41, 5.74) is 0.821. The van der Waals surface area contributed by atoms with Gasteiger partial charge in [-0.1, -0.05) is 13.8 Å². The second kappa shape index (κ2) is 4.47. The van der Waals surface area contributed by atoms with Crippen LogP contribution < -0.4 is 4.74 Å². The molecule has 0 aliphatic carbocycles. The molecule has 1 unspecified atom stereocenters. The molecule has 13 heavy (non-hydrogen) atoms. The van der Waals surface area contributed by atoms with Crippen LogP contribution in [0.4, 0.5) is 0 Å². The maximum atomic E-state index is 6.18. The molecular formula is C10H14ClNO. The molecule has 0 amide bonds. The van der Waals surface area contributed by atoms with E-state index in [1.54, 1.807) is 13.3 Å². The van der Waals surface area contributed by atoms with E-state index in [0.717, 1.165) is 11.4 Å². The van der Waals surface area contributed by atoms with Crippen LogP contribution >= 0.6 is 11.6 Å². The van der Waals surface area contributed by atoms with Gasteiger partial charge in [-0.25, -0.2) is 0 Å². The van der Waals surface area contributed by atoms with Crippen molar-refractivity contribution in [3.8, 4) is 5.75 Å². The second-order valence-corrected chi connectivity index (χ2v) is 3.71. The minimum absolute atomic E-state index is 0.0869. The molecule has 0 saturated heterocycles. The molecule has 0 bridgehead atoms. The van der Waals surface area contributed by atoms with E-state index in [1.165, 1.54) is 0 Å². The van der Waals surface area contributed by atoms with Crippen LogP contribution in [0.1, 0.15) is 24.9 Å². The summed E-state index contributed by atoms with van der Waals surface area (Å²) in [6.07, 6.45) is 1.73. The van der Waals surface area contributed by atoms with Gasteiger partial charge in [0.2, 0.25) is 0 Å². The highest BCUT2D eigenvalue weighted by atomic mass is 35.5. The van der Waals surface area contributed by atoms with Crippen molar-refractivity contribution in [3.05, 3.63) is 24.0 Å². The molecule has 1 atom stereocenters. The first-order valence-corrected chi connectivity index (χ1v) is 4.73. The van der Waals surface area contributed by atoms with Crippen LogP contribution in [0.5, 0.6) is 5.75 Å². The smallest absolute Gasteiger partial charge is 0.141 e. The van der Waals surface area contributed by atoms with Crippen molar-refractivity contribution < 1.29 is 4.74 Å². The Morgan fingerprint density at radius 1 is 1.46 bits per heavy atom. The number of pyridine rings is 1. The summed E-state index contributed by atoms with van der Waals surface area (Å²) in [6, 6.07) is 3.71. The lowest BCUT2D eigenvalue weighted by Gasteiger charge is -2.15. The first-order chi connectivity index (χ1) is 6.16. The summed E-state index contributed by atoms with van der Waals surface area (Å²) in [6.45, 7) is 4.12. The van der Waals surface area contributed by atoms with E-state index >= 15 is 0 Å². The molecule has 1 heterocycles. The highest BCUT2D eigenvalue weighted by Gasteiger charge is 2.17. The van der Waals surface area contributed by atoms with Crippen molar-refractivity contribution >= 4 is 11.6 Å². The van der Waals surface area contributed by atoms with Crippen molar-refractivity contribution in [1.82, 2.24) is 4.98 Å². The lowest BCUT2D eigenvalue weighted by molar-refractivity contribution is 0.402. The molecule has 72 valence electrons. The summed E-state index contributed by atoms with van der Waals surface area (Å²) >= 11 is 6.18. The van der Waals surface area contributed by atoms with Crippen molar-refractivity contribution in [3.63, 3.8) is 0 Å². The number of hydrogen-bond donors (Lipinski definition) is 0. The zero-order valence-corrected chi connectivity index (χ0v) is 8.88. The number of halogens is 1. The molecule has 1 aromatic rings. The van der Waals surface area contributed by atoms with Crippen molar-refractivity contribution in [1.29, 1.82) is 0 Å². The van der Waals surface area contributed by atoms with Crippen LogP contribution in [0.3, 0.4) is 0 Å². The predicted octanol–water partition coefficient (Wildman–Crippen LogP) is 3.03. The van der Waals surface area contributed by atoms with Crippen LogP contribution in [0.25, 0.3) is 0 Å². The number of methoxy groups -OCH3 is 1. The van der Waals surface area contributed by atoms with Gasteiger partial charge in [-0.05, 0) is 18.1 Å². The van der Waals surface area contributed by atoms with Crippen molar-refractivity contribution in [2.75, 3.05) is 7.11 Å². The Bertz CT molecular complexity index is 275. The minimum Gasteiger partial charge on any atom is -0.495 e. The second-order valence-electron chi connectivity index (χ2n) is 3.24. The fraction of sp³-hybridized carbons (Fsp3) is 0.500. The van der Waals surface area contributed by atoms with Gasteiger partial charge in [0, 0.05) is 6.20 Å². The highest BCUT2D eigenvalue weighted by Crippen LogP contribution is 2.32. The van der Waals surface area contributed by atoms with Crippen LogP contribution in [0.15, 0.2) is 18.3 Å². The minimum atomic E-state index is -0.0869. The van der Waals surface area contributed by atoms with Gasteiger partial charge >= 0.3 is 0 Å². The third-order valence-electron chi connectivity index (χ3n) is 1.87. The average molecular weight is 200 g/mol. The van der Waals surface area contributed by atoms with Gasteiger partial charge < -0.3 is 4.74 Å². The quantitative estimate of drug-likeness (QED) is 0.699. The number of nitrogens with zero attached hydrogens (tertiary/aromatic N) is 1. The Balaban J connectivity index is 2.98. The molecule has 0 aliphatic rings. The van der Waals surface area contributed by atoms with Crippen LogP contribution in [0.2, 0.25) is 0 Å². The maximum absolute atomic E-state index is 6.18. The average Bonchev–Trinajstić information content (AvgIpc) is 2.16. The van der Waals surface area contributed by atoms with E-state index in [1.807, 2.05) is 12.1 Å². The molecule has 0 radical (unpaired) electrons. The number of aromatic nitrogens is 1. The van der Waals surface area contributed by atoms with E-state index < -0.39 is 0 Å². The van der Waals surface area contributed by atoms with Gasteiger partial charge in [0.1, 0.15) is 11.4 Å².